The van der Waals surface area contributed by atoms with Gasteiger partial charge in [0.1, 0.15) is 23.7 Å². The number of ether oxygens (including phenoxy) is 1. The van der Waals surface area contributed by atoms with Crippen LogP contribution in [0, 0.1) is 11.6 Å². The van der Waals surface area contributed by atoms with Crippen LogP contribution in [0.5, 0.6) is 5.75 Å². The normalized spacial score (nSPS) is 12.7. The molecule has 0 aliphatic heterocycles. The van der Waals surface area contributed by atoms with Crippen molar-refractivity contribution < 1.29 is 50.2 Å². The van der Waals surface area contributed by atoms with Gasteiger partial charge in [0, 0.05) is 5.56 Å². The van der Waals surface area contributed by atoms with Crippen molar-refractivity contribution in [3.05, 3.63) is 69.7 Å². The van der Waals surface area contributed by atoms with Crippen molar-refractivity contribution in [3.63, 3.8) is 0 Å². The average Bonchev–Trinajstić information content (AvgIpc) is 3.13. The van der Waals surface area contributed by atoms with Crippen LogP contribution in [0.1, 0.15) is 27.9 Å². The molecular formula is C19H13BrF5N2O6P. The Labute approximate surface area is 197 Å². The van der Waals surface area contributed by atoms with Crippen LogP contribution in [0.25, 0.3) is 11.3 Å². The van der Waals surface area contributed by atoms with Gasteiger partial charge in [0.15, 0.2) is 22.3 Å². The van der Waals surface area contributed by atoms with Crippen LogP contribution in [-0.4, -0.2) is 27.3 Å². The first-order valence-electron chi connectivity index (χ1n) is 8.97. The topological polar surface area (TPSA) is 128 Å². The summed E-state index contributed by atoms with van der Waals surface area (Å²) in [6.45, 7) is -0.652. The molecule has 0 saturated heterocycles. The second kappa shape index (κ2) is 10.3. The fourth-order valence-corrected chi connectivity index (χ4v) is 3.50. The van der Waals surface area contributed by atoms with Crippen molar-refractivity contribution in [2.24, 2.45) is 5.73 Å². The molecule has 1 unspecified atom stereocenters. The third-order valence-electron chi connectivity index (χ3n) is 4.28. The molecule has 0 fully saturated rings. The maximum Gasteiger partial charge on any atom is 0.416 e. The summed E-state index contributed by atoms with van der Waals surface area (Å²) in [4.78, 5) is 33.6. The fraction of sp³-hybridized carbons (Fsp3) is 0.158. The van der Waals surface area contributed by atoms with Crippen LogP contribution in [0.15, 0.2) is 45.5 Å². The van der Waals surface area contributed by atoms with Crippen molar-refractivity contribution in [1.82, 2.24) is 4.98 Å². The van der Waals surface area contributed by atoms with E-state index in [1.54, 1.807) is 0 Å². The Morgan fingerprint density at radius 2 is 1.82 bits per heavy atom. The van der Waals surface area contributed by atoms with Crippen LogP contribution in [-0.2, 0) is 10.7 Å². The summed E-state index contributed by atoms with van der Waals surface area (Å²) < 4.78 is 82.2. The smallest absolute Gasteiger partial charge is 0.416 e. The van der Waals surface area contributed by atoms with Gasteiger partial charge in [-0.1, -0.05) is 12.1 Å². The number of rotatable bonds is 8. The van der Waals surface area contributed by atoms with E-state index < -0.39 is 61.9 Å². The number of oxazole rings is 1. The van der Waals surface area contributed by atoms with Crippen molar-refractivity contribution in [1.29, 1.82) is 0 Å². The van der Waals surface area contributed by atoms with Gasteiger partial charge in [-0.3, -0.25) is 4.79 Å². The molecule has 2 aromatic carbocycles. The lowest BCUT2D eigenvalue weighted by molar-refractivity contribution is -0.137. The van der Waals surface area contributed by atoms with Gasteiger partial charge >= 0.3 is 14.8 Å². The van der Waals surface area contributed by atoms with E-state index in [0.717, 1.165) is 36.4 Å². The summed E-state index contributed by atoms with van der Waals surface area (Å²) in [6.07, 6.45) is -6.01. The maximum atomic E-state index is 14.6. The number of alkyl halides is 3. The Balaban J connectivity index is 1.96. The van der Waals surface area contributed by atoms with Crippen molar-refractivity contribution >= 4 is 30.4 Å². The highest BCUT2D eigenvalue weighted by molar-refractivity contribution is 9.10. The maximum absolute atomic E-state index is 14.6. The van der Waals surface area contributed by atoms with Crippen LogP contribution >= 0.6 is 24.5 Å². The van der Waals surface area contributed by atoms with E-state index in [4.69, 9.17) is 29.2 Å². The van der Waals surface area contributed by atoms with E-state index in [2.05, 4.69) is 20.9 Å². The number of carbonyl (C=O) groups is 1. The minimum absolute atomic E-state index is 0.0384. The lowest BCUT2D eigenvalue weighted by Gasteiger charge is -2.17. The number of hydrogen-bond donors (Lipinski definition) is 3. The van der Waals surface area contributed by atoms with E-state index in [1.807, 2.05) is 0 Å². The lowest BCUT2D eigenvalue weighted by Crippen LogP contribution is -2.19. The first kappa shape index (κ1) is 26.0. The highest BCUT2D eigenvalue weighted by Gasteiger charge is 2.31. The van der Waals surface area contributed by atoms with Crippen LogP contribution in [0.3, 0.4) is 0 Å². The van der Waals surface area contributed by atoms with Crippen LogP contribution < -0.4 is 10.5 Å². The quantitative estimate of drug-likeness (QED) is 0.261. The van der Waals surface area contributed by atoms with Gasteiger partial charge in [0.25, 0.3) is 5.91 Å². The molecule has 34 heavy (non-hydrogen) atoms. The Hall–Kier alpha value is -2.64. The summed E-state index contributed by atoms with van der Waals surface area (Å²) in [7, 11) is -2.88. The van der Waals surface area contributed by atoms with Crippen LogP contribution in [0.4, 0.5) is 22.0 Å². The van der Waals surface area contributed by atoms with Crippen molar-refractivity contribution in [3.8, 4) is 17.0 Å². The molecule has 3 aromatic rings. The van der Waals surface area contributed by atoms with Gasteiger partial charge in [-0.25, -0.2) is 13.8 Å². The second-order valence-corrected chi connectivity index (χ2v) is 7.99. The molecule has 0 aliphatic rings. The standard InChI is InChI=1S/C19H13BrF5N2O6P/c20-16-15(8-1-3-9(4-2-8)19(23,24)25)27-18(33-16)12(7-31-34(29)30)32-11-6-5-10(21)13(14(11)22)17(26)28/h1-6,12,29-30H,7H2,(H2,26,28). The van der Waals surface area contributed by atoms with Crippen molar-refractivity contribution in [2.75, 3.05) is 6.61 Å². The Kier molecular flexibility index (Phi) is 7.88. The minimum Gasteiger partial charge on any atom is -0.475 e. The highest BCUT2D eigenvalue weighted by Crippen LogP contribution is 2.37. The zero-order chi connectivity index (χ0) is 25.2. The molecule has 8 nitrogen and oxygen atoms in total. The number of aromatic nitrogens is 1. The van der Waals surface area contributed by atoms with E-state index in [0.29, 0.717) is 0 Å². The average molecular weight is 571 g/mol. The molecule has 0 aliphatic carbocycles. The molecule has 0 bridgehead atoms. The number of nitrogens with zero attached hydrogens (tertiary/aromatic N) is 1. The van der Waals surface area contributed by atoms with E-state index in [1.165, 1.54) is 0 Å². The lowest BCUT2D eigenvalue weighted by atomic mass is 10.1. The Morgan fingerprint density at radius 1 is 1.18 bits per heavy atom. The Bertz CT molecular complexity index is 1190. The summed E-state index contributed by atoms with van der Waals surface area (Å²) in [5.41, 5.74) is 3.28. The van der Waals surface area contributed by atoms with Gasteiger partial charge in [0.2, 0.25) is 5.89 Å². The molecule has 4 N–H and O–H groups in total. The molecule has 15 heteroatoms. The van der Waals surface area contributed by atoms with Gasteiger partial charge in [-0.05, 0) is 40.2 Å². The summed E-state index contributed by atoms with van der Waals surface area (Å²) in [6, 6.07) is 5.51. The number of benzene rings is 2. The molecular weight excluding hydrogens is 558 g/mol. The number of hydrogen-bond acceptors (Lipinski definition) is 7. The van der Waals surface area contributed by atoms with Gasteiger partial charge < -0.3 is 29.2 Å². The van der Waals surface area contributed by atoms with Gasteiger partial charge in [-0.15, -0.1) is 0 Å². The predicted octanol–water partition coefficient (Wildman–Crippen LogP) is 4.85. The number of nitrogens with two attached hydrogens (primary N) is 1. The molecule has 1 aromatic heterocycles. The molecule has 0 spiro atoms. The van der Waals surface area contributed by atoms with Gasteiger partial charge in [0.05, 0.1) is 5.56 Å². The van der Waals surface area contributed by atoms with E-state index in [9.17, 15) is 26.7 Å². The number of amides is 1. The number of halogens is 6. The molecule has 1 atom stereocenters. The minimum atomic E-state index is -4.54. The third kappa shape index (κ3) is 5.88. The van der Waals surface area contributed by atoms with E-state index in [-0.39, 0.29) is 21.8 Å². The zero-order valence-corrected chi connectivity index (χ0v) is 19.0. The van der Waals surface area contributed by atoms with E-state index >= 15 is 0 Å². The summed E-state index contributed by atoms with van der Waals surface area (Å²) in [5.74, 6) is -5.03. The fourth-order valence-electron chi connectivity index (χ4n) is 2.74. The monoisotopic (exact) mass is 570 g/mol. The largest absolute Gasteiger partial charge is 0.475 e. The first-order chi connectivity index (χ1) is 15.9. The number of primary amides is 1. The Morgan fingerprint density at radius 3 is 2.38 bits per heavy atom. The molecule has 1 amide bonds. The predicted molar refractivity (Wildman–Crippen MR) is 110 cm³/mol. The van der Waals surface area contributed by atoms with Crippen molar-refractivity contribution in [2.45, 2.75) is 12.3 Å². The molecule has 0 radical (unpaired) electrons. The third-order valence-corrected chi connectivity index (χ3v) is 5.19. The molecule has 3 rings (SSSR count). The molecule has 0 saturated carbocycles. The first-order valence-corrected chi connectivity index (χ1v) is 10.9. The second-order valence-electron chi connectivity index (χ2n) is 6.50. The summed E-state index contributed by atoms with van der Waals surface area (Å²) in [5, 5.41) is 0. The van der Waals surface area contributed by atoms with Crippen LogP contribution in [0.2, 0.25) is 0 Å². The summed E-state index contributed by atoms with van der Waals surface area (Å²) >= 11 is 3.07. The molecule has 1 heterocycles. The molecule has 182 valence electrons. The zero-order valence-electron chi connectivity index (χ0n) is 16.5. The highest BCUT2D eigenvalue weighted by atomic mass is 79.9. The number of carbonyl (C=O) groups excluding carboxylic acids is 1. The SMILES string of the molecule is NC(=O)c1c(F)ccc(OC(COP(O)O)c2nc(-c3ccc(C(F)(F)F)cc3)c(Br)o2)c1F. The van der Waals surface area contributed by atoms with Gasteiger partial charge in [-0.2, -0.15) is 13.2 Å².